The third-order valence-electron chi connectivity index (χ3n) is 6.05. The summed E-state index contributed by atoms with van der Waals surface area (Å²) in [4.78, 5) is 17.4. The molecule has 0 unspecified atom stereocenters. The minimum absolute atomic E-state index is 0.0991. The van der Waals surface area contributed by atoms with Gasteiger partial charge in [-0.25, -0.2) is 0 Å². The fourth-order valence-corrected chi connectivity index (χ4v) is 4.21. The summed E-state index contributed by atoms with van der Waals surface area (Å²) in [7, 11) is 0. The van der Waals surface area contributed by atoms with Gasteiger partial charge in [-0.3, -0.25) is 9.69 Å². The Labute approximate surface area is 173 Å². The first-order chi connectivity index (χ1) is 14.3. The number of benzene rings is 2. The van der Waals surface area contributed by atoms with Crippen molar-refractivity contribution in [2.45, 2.75) is 25.9 Å². The number of anilines is 1. The van der Waals surface area contributed by atoms with Crippen molar-refractivity contribution in [1.29, 1.82) is 0 Å². The predicted molar refractivity (Wildman–Crippen MR) is 116 cm³/mol. The van der Waals surface area contributed by atoms with E-state index in [2.05, 4.69) is 69.7 Å². The molecule has 5 heteroatoms. The molecule has 1 amide bonds. The Kier molecular flexibility index (Phi) is 6.80. The number of nitrogens with zero attached hydrogens (tertiary/aromatic N) is 2. The molecule has 2 aromatic carbocycles. The zero-order chi connectivity index (χ0) is 19.9. The highest BCUT2D eigenvalue weighted by Gasteiger charge is 2.22. The van der Waals surface area contributed by atoms with Crippen LogP contribution in [0.5, 0.6) is 0 Å². The zero-order valence-electron chi connectivity index (χ0n) is 17.1. The van der Waals surface area contributed by atoms with E-state index in [1.165, 1.54) is 16.8 Å². The lowest BCUT2D eigenvalue weighted by atomic mass is 9.99. The second-order valence-corrected chi connectivity index (χ2v) is 7.97. The molecule has 5 nitrogen and oxygen atoms in total. The van der Waals surface area contributed by atoms with Crippen LogP contribution in [0.1, 0.15) is 24.0 Å². The van der Waals surface area contributed by atoms with Crippen LogP contribution in [0, 0.1) is 5.92 Å². The number of ether oxygens (including phenoxy) is 1. The molecule has 0 radical (unpaired) electrons. The molecule has 4 rings (SSSR count). The van der Waals surface area contributed by atoms with E-state index >= 15 is 0 Å². The van der Waals surface area contributed by atoms with Crippen molar-refractivity contribution in [2.75, 3.05) is 44.3 Å². The molecule has 29 heavy (non-hydrogen) atoms. The van der Waals surface area contributed by atoms with Gasteiger partial charge in [0.2, 0.25) is 5.91 Å². The third-order valence-corrected chi connectivity index (χ3v) is 6.05. The van der Waals surface area contributed by atoms with E-state index in [-0.39, 0.29) is 11.8 Å². The number of para-hydroxylation sites is 1. The van der Waals surface area contributed by atoms with Gasteiger partial charge in [0, 0.05) is 64.1 Å². The second-order valence-electron chi connectivity index (χ2n) is 7.97. The van der Waals surface area contributed by atoms with Crippen molar-refractivity contribution in [3.63, 3.8) is 0 Å². The summed E-state index contributed by atoms with van der Waals surface area (Å²) in [6, 6.07) is 19.1. The van der Waals surface area contributed by atoms with Crippen LogP contribution in [0.4, 0.5) is 5.69 Å². The number of hydrogen-bond donors (Lipinski definition) is 1. The van der Waals surface area contributed by atoms with Crippen LogP contribution < -0.4 is 10.2 Å². The standard InChI is InChI=1S/C24H31N3O2/c28-24(20-10-16-29-17-11-20)25-18-21-6-4-5-7-22(21)19-26-12-14-27(15-13-26)23-8-2-1-3-9-23/h1-9,20H,10-19H2,(H,25,28). The van der Waals surface area contributed by atoms with Crippen molar-refractivity contribution in [3.8, 4) is 0 Å². The lowest BCUT2D eigenvalue weighted by Crippen LogP contribution is -2.46. The van der Waals surface area contributed by atoms with E-state index < -0.39 is 0 Å². The van der Waals surface area contributed by atoms with Crippen LogP contribution in [-0.2, 0) is 22.6 Å². The van der Waals surface area contributed by atoms with Crippen LogP contribution in [0.25, 0.3) is 0 Å². The fourth-order valence-electron chi connectivity index (χ4n) is 4.21. The van der Waals surface area contributed by atoms with Gasteiger partial charge in [0.25, 0.3) is 0 Å². The Morgan fingerprint density at radius 2 is 1.55 bits per heavy atom. The smallest absolute Gasteiger partial charge is 0.223 e. The van der Waals surface area contributed by atoms with E-state index in [1.807, 2.05) is 0 Å². The molecule has 2 aliphatic rings. The molecular formula is C24H31N3O2. The average Bonchev–Trinajstić information content (AvgIpc) is 2.80. The highest BCUT2D eigenvalue weighted by atomic mass is 16.5. The second kappa shape index (κ2) is 9.90. The summed E-state index contributed by atoms with van der Waals surface area (Å²) >= 11 is 0. The summed E-state index contributed by atoms with van der Waals surface area (Å²) in [5.74, 6) is 0.265. The van der Waals surface area contributed by atoms with Gasteiger partial charge in [-0.2, -0.15) is 0 Å². The molecule has 0 spiro atoms. The number of nitrogens with one attached hydrogen (secondary N) is 1. The van der Waals surface area contributed by atoms with Gasteiger partial charge in [0.05, 0.1) is 0 Å². The van der Waals surface area contributed by atoms with Crippen molar-refractivity contribution in [2.24, 2.45) is 5.92 Å². The zero-order valence-corrected chi connectivity index (χ0v) is 17.1. The third kappa shape index (κ3) is 5.37. The Hall–Kier alpha value is -2.37. The minimum Gasteiger partial charge on any atom is -0.381 e. The summed E-state index contributed by atoms with van der Waals surface area (Å²) in [5.41, 5.74) is 3.84. The lowest BCUT2D eigenvalue weighted by Gasteiger charge is -2.36. The van der Waals surface area contributed by atoms with Gasteiger partial charge in [-0.05, 0) is 36.1 Å². The molecule has 0 bridgehead atoms. The van der Waals surface area contributed by atoms with Crippen LogP contribution in [-0.4, -0.2) is 50.2 Å². The largest absolute Gasteiger partial charge is 0.381 e. The van der Waals surface area contributed by atoms with E-state index in [4.69, 9.17) is 4.74 Å². The number of carbonyl (C=O) groups is 1. The van der Waals surface area contributed by atoms with Gasteiger partial charge < -0.3 is 15.0 Å². The Morgan fingerprint density at radius 1 is 0.897 bits per heavy atom. The Morgan fingerprint density at radius 3 is 2.28 bits per heavy atom. The van der Waals surface area contributed by atoms with Gasteiger partial charge in [-0.1, -0.05) is 42.5 Å². The molecule has 0 saturated carbocycles. The molecule has 0 aromatic heterocycles. The highest BCUT2D eigenvalue weighted by molar-refractivity contribution is 5.78. The first kappa shape index (κ1) is 19.9. The maximum absolute atomic E-state index is 12.5. The number of carbonyl (C=O) groups excluding carboxylic acids is 1. The fraction of sp³-hybridized carbons (Fsp3) is 0.458. The quantitative estimate of drug-likeness (QED) is 0.819. The molecule has 0 aliphatic carbocycles. The molecule has 154 valence electrons. The van der Waals surface area contributed by atoms with Crippen molar-refractivity contribution in [1.82, 2.24) is 10.2 Å². The summed E-state index contributed by atoms with van der Waals surface area (Å²) in [5, 5.41) is 3.15. The number of hydrogen-bond acceptors (Lipinski definition) is 4. The van der Waals surface area contributed by atoms with Gasteiger partial charge in [0.1, 0.15) is 0 Å². The van der Waals surface area contributed by atoms with E-state index in [0.717, 1.165) is 45.6 Å². The van der Waals surface area contributed by atoms with Crippen LogP contribution in [0.15, 0.2) is 54.6 Å². The average molecular weight is 394 g/mol. The number of piperazine rings is 1. The first-order valence-corrected chi connectivity index (χ1v) is 10.7. The van der Waals surface area contributed by atoms with Crippen LogP contribution in [0.2, 0.25) is 0 Å². The van der Waals surface area contributed by atoms with E-state index in [0.29, 0.717) is 19.8 Å². The maximum Gasteiger partial charge on any atom is 0.223 e. The Bertz CT molecular complexity index is 782. The summed E-state index contributed by atoms with van der Waals surface area (Å²) < 4.78 is 5.36. The molecular weight excluding hydrogens is 362 g/mol. The molecule has 0 atom stereocenters. The van der Waals surface area contributed by atoms with Crippen molar-refractivity contribution < 1.29 is 9.53 Å². The Balaban J connectivity index is 1.30. The molecule has 1 N–H and O–H groups in total. The van der Waals surface area contributed by atoms with E-state index in [1.54, 1.807) is 0 Å². The molecule has 2 aromatic rings. The molecule has 2 heterocycles. The number of amides is 1. The van der Waals surface area contributed by atoms with Crippen molar-refractivity contribution >= 4 is 11.6 Å². The predicted octanol–water partition coefficient (Wildman–Crippen LogP) is 3.05. The summed E-state index contributed by atoms with van der Waals surface area (Å²) in [6.45, 7) is 7.14. The molecule has 2 saturated heterocycles. The summed E-state index contributed by atoms with van der Waals surface area (Å²) in [6.07, 6.45) is 1.67. The van der Waals surface area contributed by atoms with Gasteiger partial charge in [0.15, 0.2) is 0 Å². The highest BCUT2D eigenvalue weighted by Crippen LogP contribution is 2.19. The topological polar surface area (TPSA) is 44.8 Å². The minimum atomic E-state index is 0.0991. The molecule has 2 aliphatic heterocycles. The van der Waals surface area contributed by atoms with Gasteiger partial charge >= 0.3 is 0 Å². The monoisotopic (exact) mass is 393 g/mol. The maximum atomic E-state index is 12.5. The molecule has 2 fully saturated rings. The SMILES string of the molecule is O=C(NCc1ccccc1CN1CCN(c2ccccc2)CC1)C1CCOCC1. The van der Waals surface area contributed by atoms with Crippen molar-refractivity contribution in [3.05, 3.63) is 65.7 Å². The first-order valence-electron chi connectivity index (χ1n) is 10.7. The van der Waals surface area contributed by atoms with Crippen LogP contribution >= 0.6 is 0 Å². The van der Waals surface area contributed by atoms with E-state index in [9.17, 15) is 4.79 Å². The van der Waals surface area contributed by atoms with Crippen LogP contribution in [0.3, 0.4) is 0 Å². The number of rotatable bonds is 6. The normalized spacial score (nSPS) is 18.6. The lowest BCUT2D eigenvalue weighted by molar-refractivity contribution is -0.128. The van der Waals surface area contributed by atoms with Gasteiger partial charge in [-0.15, -0.1) is 0 Å².